The molecule has 0 aliphatic heterocycles. The minimum absolute atomic E-state index is 0.0261. The van der Waals surface area contributed by atoms with Crippen molar-refractivity contribution >= 4 is 40.6 Å². The van der Waals surface area contributed by atoms with Crippen molar-refractivity contribution in [1.82, 2.24) is 9.69 Å². The molecule has 0 fully saturated rings. The first kappa shape index (κ1) is 30.2. The fourth-order valence-electron chi connectivity index (χ4n) is 4.09. The minimum atomic E-state index is -1.20. The topological polar surface area (TPSA) is 159 Å². The van der Waals surface area contributed by atoms with E-state index in [0.717, 1.165) is 23.5 Å². The molecule has 0 aliphatic rings. The van der Waals surface area contributed by atoms with E-state index >= 15 is 0 Å². The fourth-order valence-corrected chi connectivity index (χ4v) is 4.83. The van der Waals surface area contributed by atoms with Gasteiger partial charge in [0.25, 0.3) is 11.8 Å². The predicted molar refractivity (Wildman–Crippen MR) is 154 cm³/mol. The van der Waals surface area contributed by atoms with Crippen LogP contribution in [0.15, 0.2) is 36.4 Å². The van der Waals surface area contributed by atoms with Crippen LogP contribution >= 0.6 is 11.5 Å². The molecule has 11 nitrogen and oxygen atoms in total. The number of amides is 3. The van der Waals surface area contributed by atoms with Crippen LogP contribution in [0.2, 0.25) is 0 Å². The van der Waals surface area contributed by atoms with Crippen molar-refractivity contribution in [2.24, 2.45) is 11.7 Å². The molecule has 12 heteroatoms. The van der Waals surface area contributed by atoms with Crippen LogP contribution in [0.1, 0.15) is 57.6 Å². The third kappa shape index (κ3) is 6.45. The fraction of sp³-hybridized carbons (Fsp3) is 0.357. The number of hydrogen-bond donors (Lipinski definition) is 3. The Labute approximate surface area is 237 Å². The summed E-state index contributed by atoms with van der Waals surface area (Å²) in [6.07, 6.45) is 0.732. The first-order valence-corrected chi connectivity index (χ1v) is 13.3. The molecule has 0 aliphatic carbocycles. The monoisotopic (exact) mass is 569 g/mol. The molecule has 3 amide bonds. The van der Waals surface area contributed by atoms with Crippen LogP contribution in [0.4, 0.5) is 11.4 Å². The number of carbonyl (C=O) groups is 3. The number of aromatic nitrogens is 1. The van der Waals surface area contributed by atoms with Crippen LogP contribution in [-0.4, -0.2) is 50.0 Å². The van der Waals surface area contributed by atoms with Gasteiger partial charge in [-0.1, -0.05) is 31.5 Å². The standard InChI is InChI=1S/C28H35N5O6S/c1-15(2)11-12-31-27(35)23(17-13-19(37-4)24(39-6)20(14-17)38-5)33(18-9-7-16(3)8-10-18)28(36)25-21(29)22(26(30)34)32-40-25/h7-10,13-15,23H,11-12,29H2,1-6H3,(H2,30,34)(H,31,35)/t23-/m1/s1. The van der Waals surface area contributed by atoms with E-state index in [0.29, 0.717) is 41.0 Å². The Hall–Kier alpha value is -4.32. The van der Waals surface area contributed by atoms with Gasteiger partial charge in [-0.05, 0) is 60.6 Å². The summed E-state index contributed by atoms with van der Waals surface area (Å²) in [4.78, 5) is 41.3. The molecule has 1 atom stereocenters. The van der Waals surface area contributed by atoms with Crippen molar-refractivity contribution < 1.29 is 28.6 Å². The molecule has 1 heterocycles. The van der Waals surface area contributed by atoms with E-state index in [9.17, 15) is 14.4 Å². The molecule has 0 radical (unpaired) electrons. The quantitative estimate of drug-likeness (QED) is 0.298. The molecule has 3 aromatic rings. The molecule has 5 N–H and O–H groups in total. The lowest BCUT2D eigenvalue weighted by atomic mass is 10.0. The summed E-state index contributed by atoms with van der Waals surface area (Å²) in [6, 6.07) is 9.14. The zero-order valence-electron chi connectivity index (χ0n) is 23.4. The molecule has 0 saturated carbocycles. The van der Waals surface area contributed by atoms with Gasteiger partial charge in [-0.25, -0.2) is 0 Å². The Kier molecular flexibility index (Phi) is 9.94. The molecule has 0 bridgehead atoms. The largest absolute Gasteiger partial charge is 0.493 e. The number of hydrogen-bond acceptors (Lipinski definition) is 9. The molecule has 0 saturated heterocycles. The number of nitrogen functional groups attached to an aromatic ring is 1. The van der Waals surface area contributed by atoms with Crippen molar-refractivity contribution in [3.8, 4) is 17.2 Å². The van der Waals surface area contributed by atoms with Gasteiger partial charge in [0.05, 0.1) is 27.0 Å². The van der Waals surface area contributed by atoms with Gasteiger partial charge in [0.2, 0.25) is 11.7 Å². The lowest BCUT2D eigenvalue weighted by Gasteiger charge is -2.32. The molecular formula is C28H35N5O6S. The summed E-state index contributed by atoms with van der Waals surface area (Å²) in [5, 5.41) is 2.96. The van der Waals surface area contributed by atoms with E-state index in [2.05, 4.69) is 9.69 Å². The van der Waals surface area contributed by atoms with Gasteiger partial charge in [-0.3, -0.25) is 19.3 Å². The summed E-state index contributed by atoms with van der Waals surface area (Å²) >= 11 is 0.738. The van der Waals surface area contributed by atoms with Crippen molar-refractivity contribution in [2.75, 3.05) is 38.5 Å². The molecule has 0 spiro atoms. The zero-order chi connectivity index (χ0) is 29.6. The second-order valence-corrected chi connectivity index (χ2v) is 10.3. The molecule has 2 aromatic carbocycles. The van der Waals surface area contributed by atoms with Gasteiger partial charge in [0.15, 0.2) is 17.2 Å². The maximum absolute atomic E-state index is 14.2. The highest BCUT2D eigenvalue weighted by Gasteiger charge is 2.37. The molecule has 40 heavy (non-hydrogen) atoms. The number of primary amides is 1. The van der Waals surface area contributed by atoms with Gasteiger partial charge in [-0.2, -0.15) is 4.37 Å². The van der Waals surface area contributed by atoms with Crippen molar-refractivity contribution in [3.63, 3.8) is 0 Å². The highest BCUT2D eigenvalue weighted by molar-refractivity contribution is 7.09. The Bertz CT molecular complexity index is 1350. The summed E-state index contributed by atoms with van der Waals surface area (Å²) < 4.78 is 20.5. The number of nitrogens with two attached hydrogens (primary N) is 2. The van der Waals surface area contributed by atoms with Crippen molar-refractivity contribution in [1.29, 1.82) is 0 Å². The number of aryl methyl sites for hydroxylation is 1. The highest BCUT2D eigenvalue weighted by atomic mass is 32.1. The van der Waals surface area contributed by atoms with E-state index < -0.39 is 23.8 Å². The average Bonchev–Trinajstić information content (AvgIpc) is 3.32. The second-order valence-electron chi connectivity index (χ2n) is 9.48. The third-order valence-electron chi connectivity index (χ3n) is 6.22. The highest BCUT2D eigenvalue weighted by Crippen LogP contribution is 2.42. The smallest absolute Gasteiger partial charge is 0.273 e. The number of carbonyl (C=O) groups excluding carboxylic acids is 3. The number of benzene rings is 2. The van der Waals surface area contributed by atoms with E-state index in [1.165, 1.54) is 26.2 Å². The number of anilines is 2. The Balaban J connectivity index is 2.28. The average molecular weight is 570 g/mol. The Morgan fingerprint density at radius 2 is 1.62 bits per heavy atom. The van der Waals surface area contributed by atoms with Gasteiger partial charge in [0.1, 0.15) is 10.9 Å². The van der Waals surface area contributed by atoms with Gasteiger partial charge in [0, 0.05) is 12.2 Å². The van der Waals surface area contributed by atoms with Crippen molar-refractivity contribution in [2.45, 2.75) is 33.2 Å². The Morgan fingerprint density at radius 3 is 2.10 bits per heavy atom. The van der Waals surface area contributed by atoms with E-state index in [1.807, 2.05) is 32.9 Å². The lowest BCUT2D eigenvalue weighted by molar-refractivity contribution is -0.122. The predicted octanol–water partition coefficient (Wildman–Crippen LogP) is 3.71. The second kappa shape index (κ2) is 13.2. The van der Waals surface area contributed by atoms with E-state index in [4.69, 9.17) is 25.7 Å². The SMILES string of the molecule is COc1cc([C@H](C(=O)NCCC(C)C)N(C(=O)c2snc(C(N)=O)c2N)c2ccc(C)cc2)cc(OC)c1OC. The number of nitrogens with one attached hydrogen (secondary N) is 1. The number of ether oxygens (including phenoxy) is 3. The molecule has 1 aromatic heterocycles. The van der Waals surface area contributed by atoms with Crippen LogP contribution in [0.3, 0.4) is 0 Å². The molecule has 214 valence electrons. The summed E-state index contributed by atoms with van der Waals surface area (Å²) in [7, 11) is 4.40. The van der Waals surface area contributed by atoms with Gasteiger partial charge in [-0.15, -0.1) is 0 Å². The van der Waals surface area contributed by atoms with Crippen LogP contribution in [-0.2, 0) is 4.79 Å². The van der Waals surface area contributed by atoms with Gasteiger partial charge < -0.3 is 31.0 Å². The van der Waals surface area contributed by atoms with Crippen LogP contribution in [0, 0.1) is 12.8 Å². The number of rotatable bonds is 12. The third-order valence-corrected chi connectivity index (χ3v) is 7.07. The van der Waals surface area contributed by atoms with Crippen LogP contribution in [0.5, 0.6) is 17.2 Å². The van der Waals surface area contributed by atoms with Crippen LogP contribution in [0.25, 0.3) is 0 Å². The van der Waals surface area contributed by atoms with Crippen LogP contribution < -0.4 is 35.9 Å². The molecule has 3 rings (SSSR count). The minimum Gasteiger partial charge on any atom is -0.493 e. The Morgan fingerprint density at radius 1 is 1.02 bits per heavy atom. The number of methoxy groups -OCH3 is 3. The van der Waals surface area contributed by atoms with E-state index in [-0.39, 0.29) is 16.3 Å². The maximum atomic E-state index is 14.2. The molecular weight excluding hydrogens is 534 g/mol. The number of nitrogens with zero attached hydrogens (tertiary/aromatic N) is 2. The summed E-state index contributed by atoms with van der Waals surface area (Å²) in [5.74, 6) is -0.644. The maximum Gasteiger partial charge on any atom is 0.273 e. The lowest BCUT2D eigenvalue weighted by Crippen LogP contribution is -2.44. The first-order chi connectivity index (χ1) is 19.0. The van der Waals surface area contributed by atoms with E-state index in [1.54, 1.807) is 24.3 Å². The summed E-state index contributed by atoms with van der Waals surface area (Å²) in [6.45, 7) is 6.40. The van der Waals surface area contributed by atoms with Gasteiger partial charge >= 0.3 is 0 Å². The molecule has 0 unspecified atom stereocenters. The van der Waals surface area contributed by atoms with Crippen molar-refractivity contribution in [3.05, 3.63) is 58.1 Å². The zero-order valence-corrected chi connectivity index (χ0v) is 24.3. The first-order valence-electron chi connectivity index (χ1n) is 12.6. The normalized spacial score (nSPS) is 11.6. The summed E-state index contributed by atoms with van der Waals surface area (Å²) in [5.41, 5.74) is 13.0.